The van der Waals surface area contributed by atoms with Crippen molar-refractivity contribution < 1.29 is 4.42 Å². The third kappa shape index (κ3) is 6.77. The van der Waals surface area contributed by atoms with Gasteiger partial charge in [-0.2, -0.15) is 0 Å². The van der Waals surface area contributed by atoms with Crippen molar-refractivity contribution in [2.45, 2.75) is 174 Å². The summed E-state index contributed by atoms with van der Waals surface area (Å²) in [4.78, 5) is 7.87. The third-order valence-corrected chi connectivity index (χ3v) is 18.4. The van der Waals surface area contributed by atoms with Crippen molar-refractivity contribution in [2.75, 3.05) is 14.7 Å². The van der Waals surface area contributed by atoms with Crippen molar-refractivity contribution in [3.63, 3.8) is 0 Å². The maximum absolute atomic E-state index is 7.84. The molecule has 0 fully saturated rings. The Morgan fingerprint density at radius 3 is 1.56 bits per heavy atom. The number of rotatable bonds is 3. The molecule has 1 aromatic heterocycles. The van der Waals surface area contributed by atoms with Crippen LogP contribution in [-0.4, -0.2) is 6.71 Å². The molecule has 72 heavy (non-hydrogen) atoms. The molecule has 4 nitrogen and oxygen atoms in total. The smallest absolute Gasteiger partial charge is 0.297 e. The summed E-state index contributed by atoms with van der Waals surface area (Å²) < 4.78 is 7.84. The first-order chi connectivity index (χ1) is 33.7. The minimum absolute atomic E-state index is 0.0163. The lowest BCUT2D eigenvalue weighted by Crippen LogP contribution is -2.61. The number of furan rings is 1. The fourth-order valence-corrected chi connectivity index (χ4v) is 13.7. The van der Waals surface area contributed by atoms with Gasteiger partial charge in [-0.1, -0.05) is 178 Å². The SMILES string of the molecule is CC(C)(C)c1ccc(N2c3ccc(C(C)(C)C)cc3B3c4oc5c(c4N(c4ccc6c(c4)C(C)(C)CCC6(C)C)c4cc(N6c7ccccc7C(C)(C)c7ccccc76)cc2c43)C(C)(C)CCC5(C)C)cc1. The standard InChI is InChI=1S/C67H76BN3O/c1-61(2,3)41-25-28-43(29-26-41)69-53-32-27-42(62(4,5)6)37-50(53)68-57-54(69)39-45(70-51-23-19-17-21-47(51)67(15,16)48-22-18-20-24-52(48)70)40-55(57)71(44-30-31-46-49(38-44)64(9,10)34-33-63(46,7)8)58-56-59(72-60(58)68)66(13,14)36-35-65(56,11)12/h17-32,37-40H,33-36H2,1-16H3. The zero-order valence-corrected chi connectivity index (χ0v) is 46.2. The normalized spacial score (nSPS) is 19.3. The van der Waals surface area contributed by atoms with Gasteiger partial charge in [0, 0.05) is 44.8 Å². The summed E-state index contributed by atoms with van der Waals surface area (Å²) >= 11 is 0. The van der Waals surface area contributed by atoms with E-state index in [1.54, 1.807) is 0 Å². The van der Waals surface area contributed by atoms with E-state index in [0.29, 0.717) is 0 Å². The molecule has 5 aliphatic rings. The Labute approximate surface area is 431 Å². The first-order valence-corrected chi connectivity index (χ1v) is 27.1. The van der Waals surface area contributed by atoms with Gasteiger partial charge in [0.1, 0.15) is 5.76 Å². The van der Waals surface area contributed by atoms with Crippen LogP contribution in [0.2, 0.25) is 0 Å². The average Bonchev–Trinajstić information content (AvgIpc) is 3.74. The highest BCUT2D eigenvalue weighted by molar-refractivity contribution is 6.99. The maximum atomic E-state index is 7.84. The van der Waals surface area contributed by atoms with Crippen LogP contribution in [0.25, 0.3) is 0 Å². The number of nitrogens with zero attached hydrogens (tertiary/aromatic N) is 3. The second-order valence-corrected chi connectivity index (χ2v) is 27.6. The first kappa shape index (κ1) is 47.1. The van der Waals surface area contributed by atoms with E-state index in [1.165, 1.54) is 96.1 Å². The summed E-state index contributed by atoms with van der Waals surface area (Å²) in [5.74, 6) is 1.15. The van der Waals surface area contributed by atoms with Crippen LogP contribution in [0.4, 0.5) is 51.2 Å². The quantitative estimate of drug-likeness (QED) is 0.165. The highest BCUT2D eigenvalue weighted by atomic mass is 16.3. The van der Waals surface area contributed by atoms with Gasteiger partial charge in [-0.05, 0) is 152 Å². The number of fused-ring (bicyclic) bond motifs is 9. The molecule has 368 valence electrons. The third-order valence-electron chi connectivity index (χ3n) is 18.4. The Bertz CT molecular complexity index is 3330. The molecule has 0 amide bonds. The van der Waals surface area contributed by atoms with Crippen LogP contribution in [-0.2, 0) is 37.9 Å². The van der Waals surface area contributed by atoms with Crippen molar-refractivity contribution in [1.29, 1.82) is 0 Å². The Hall–Kier alpha value is -5.94. The molecule has 0 spiro atoms. The lowest BCUT2D eigenvalue weighted by Gasteiger charge is -2.47. The molecule has 0 radical (unpaired) electrons. The van der Waals surface area contributed by atoms with Crippen LogP contribution in [0.3, 0.4) is 0 Å². The molecule has 3 aliphatic heterocycles. The molecular weight excluding hydrogens is 874 g/mol. The summed E-state index contributed by atoms with van der Waals surface area (Å²) in [6, 6.07) is 47.6. The van der Waals surface area contributed by atoms with E-state index in [9.17, 15) is 0 Å². The number of hydrogen-bond donors (Lipinski definition) is 0. The van der Waals surface area contributed by atoms with Gasteiger partial charge in [0.15, 0.2) is 0 Å². The van der Waals surface area contributed by atoms with Gasteiger partial charge < -0.3 is 19.1 Å². The maximum Gasteiger partial charge on any atom is 0.297 e. The molecule has 6 aromatic carbocycles. The molecule has 2 aliphatic carbocycles. The van der Waals surface area contributed by atoms with E-state index in [2.05, 4.69) is 247 Å². The number of para-hydroxylation sites is 2. The second-order valence-electron chi connectivity index (χ2n) is 27.6. The molecule has 0 saturated carbocycles. The highest BCUT2D eigenvalue weighted by Gasteiger charge is 2.53. The summed E-state index contributed by atoms with van der Waals surface area (Å²) in [5.41, 5.74) is 23.7. The number of hydrogen-bond acceptors (Lipinski definition) is 4. The largest absolute Gasteiger partial charge is 0.472 e. The minimum Gasteiger partial charge on any atom is -0.472 e. The van der Waals surface area contributed by atoms with Gasteiger partial charge in [0.25, 0.3) is 6.71 Å². The molecule has 0 saturated heterocycles. The fourth-order valence-electron chi connectivity index (χ4n) is 13.7. The van der Waals surface area contributed by atoms with Gasteiger partial charge in [0.05, 0.1) is 28.4 Å². The Balaban J connectivity index is 1.25. The average molecular weight is 950 g/mol. The Kier molecular flexibility index (Phi) is 9.86. The molecule has 0 atom stereocenters. The molecule has 5 heteroatoms. The fraction of sp³-hybridized carbons (Fsp3) is 0.403. The van der Waals surface area contributed by atoms with Crippen molar-refractivity contribution in [2.24, 2.45) is 0 Å². The second kappa shape index (κ2) is 15.1. The van der Waals surface area contributed by atoms with Gasteiger partial charge >= 0.3 is 0 Å². The summed E-state index contributed by atoms with van der Waals surface area (Å²) in [7, 11) is 0. The van der Waals surface area contributed by atoms with Gasteiger partial charge in [-0.25, -0.2) is 0 Å². The van der Waals surface area contributed by atoms with E-state index in [4.69, 9.17) is 4.42 Å². The van der Waals surface area contributed by atoms with Crippen LogP contribution < -0.4 is 31.3 Å². The van der Waals surface area contributed by atoms with Crippen molar-refractivity contribution in [1.82, 2.24) is 0 Å². The summed E-state index contributed by atoms with van der Waals surface area (Å²) in [6.07, 6.45) is 4.48. The van der Waals surface area contributed by atoms with Gasteiger partial charge in [-0.15, -0.1) is 0 Å². The Morgan fingerprint density at radius 1 is 0.431 bits per heavy atom. The van der Waals surface area contributed by atoms with Crippen LogP contribution in [0.15, 0.2) is 126 Å². The van der Waals surface area contributed by atoms with E-state index in [1.807, 2.05) is 0 Å². The predicted octanol–water partition coefficient (Wildman–Crippen LogP) is 16.8. The van der Waals surface area contributed by atoms with Crippen LogP contribution >= 0.6 is 0 Å². The molecule has 0 bridgehead atoms. The van der Waals surface area contributed by atoms with E-state index in [0.717, 1.165) is 42.1 Å². The molecule has 4 heterocycles. The molecule has 7 aromatic rings. The highest BCUT2D eigenvalue weighted by Crippen LogP contribution is 2.58. The molecular formula is C67H76BN3O. The van der Waals surface area contributed by atoms with E-state index < -0.39 is 0 Å². The molecule has 0 N–H and O–H groups in total. The zero-order valence-electron chi connectivity index (χ0n) is 46.2. The van der Waals surface area contributed by atoms with Crippen molar-refractivity contribution in [3.8, 4) is 0 Å². The summed E-state index contributed by atoms with van der Waals surface area (Å²) in [6.45, 7) is 38.2. The first-order valence-electron chi connectivity index (χ1n) is 27.1. The van der Waals surface area contributed by atoms with Crippen molar-refractivity contribution in [3.05, 3.63) is 166 Å². The van der Waals surface area contributed by atoms with E-state index >= 15 is 0 Å². The topological polar surface area (TPSA) is 22.9 Å². The number of anilines is 9. The molecule has 0 unspecified atom stereocenters. The minimum atomic E-state index is -0.194. The van der Waals surface area contributed by atoms with Crippen LogP contribution in [0, 0.1) is 0 Å². The lowest BCUT2D eigenvalue weighted by atomic mass is 9.35. The predicted molar refractivity (Wildman–Crippen MR) is 308 cm³/mol. The monoisotopic (exact) mass is 950 g/mol. The van der Waals surface area contributed by atoms with Crippen LogP contribution in [0.5, 0.6) is 0 Å². The van der Waals surface area contributed by atoms with E-state index in [-0.39, 0.29) is 44.6 Å². The Morgan fingerprint density at radius 2 is 0.944 bits per heavy atom. The molecule has 12 rings (SSSR count). The number of benzene rings is 6. The van der Waals surface area contributed by atoms with Crippen molar-refractivity contribution >= 4 is 74.5 Å². The lowest BCUT2D eigenvalue weighted by molar-refractivity contribution is 0.282. The van der Waals surface area contributed by atoms with Crippen LogP contribution in [0.1, 0.15) is 181 Å². The summed E-state index contributed by atoms with van der Waals surface area (Å²) in [5, 5.41) is 0. The zero-order chi connectivity index (χ0) is 51.0. The van der Waals surface area contributed by atoms with Gasteiger partial charge in [-0.3, -0.25) is 0 Å². The van der Waals surface area contributed by atoms with Gasteiger partial charge in [0.2, 0.25) is 0 Å².